The molecule has 0 saturated carbocycles. The van der Waals surface area contributed by atoms with Crippen LogP contribution < -0.4 is 5.32 Å². The van der Waals surface area contributed by atoms with E-state index in [1.165, 1.54) is 18.5 Å². The summed E-state index contributed by atoms with van der Waals surface area (Å²) in [7, 11) is 0. The molecule has 1 heterocycles. The first-order valence-electron chi connectivity index (χ1n) is 4.92. The number of nitrogens with zero attached hydrogens (tertiary/aromatic N) is 1. The number of carbonyl (C=O) groups excluding carboxylic acids is 1. The zero-order chi connectivity index (χ0) is 11.5. The van der Waals surface area contributed by atoms with E-state index in [4.69, 9.17) is 0 Å². The first kappa shape index (κ1) is 11.5. The molecule has 1 rings (SSSR count). The highest BCUT2D eigenvalue weighted by atomic mass is 16.3. The van der Waals surface area contributed by atoms with Crippen LogP contribution in [0.1, 0.15) is 37.6 Å². The fraction of sp³-hybridized carbons (Fsp3) is 0.455. The molecule has 0 spiro atoms. The predicted molar refractivity (Wildman–Crippen MR) is 57.7 cm³/mol. The monoisotopic (exact) mass is 208 g/mol. The number of aromatic hydroxyl groups is 1. The molecule has 15 heavy (non-hydrogen) atoms. The number of amides is 1. The minimum Gasteiger partial charge on any atom is -0.505 e. The molecule has 0 atom stereocenters. The van der Waals surface area contributed by atoms with Crippen LogP contribution in [-0.4, -0.2) is 21.5 Å². The lowest BCUT2D eigenvalue weighted by Gasteiger charge is -2.24. The number of carbonyl (C=O) groups is 1. The summed E-state index contributed by atoms with van der Waals surface area (Å²) in [6.07, 6.45) is 3.56. The molecule has 1 amide bonds. The summed E-state index contributed by atoms with van der Waals surface area (Å²) < 4.78 is 0. The molecule has 0 fully saturated rings. The Morgan fingerprint density at radius 1 is 1.60 bits per heavy atom. The fourth-order valence-corrected chi connectivity index (χ4v) is 1.04. The van der Waals surface area contributed by atoms with E-state index < -0.39 is 0 Å². The largest absolute Gasteiger partial charge is 0.505 e. The second kappa shape index (κ2) is 4.29. The molecule has 0 radical (unpaired) electrons. The number of rotatable bonds is 3. The smallest absolute Gasteiger partial charge is 0.255 e. The quantitative estimate of drug-likeness (QED) is 0.794. The van der Waals surface area contributed by atoms with E-state index in [1.807, 2.05) is 20.8 Å². The van der Waals surface area contributed by atoms with Crippen LogP contribution in [0.5, 0.6) is 5.75 Å². The number of aromatic nitrogens is 1. The van der Waals surface area contributed by atoms with Gasteiger partial charge in [-0.05, 0) is 26.3 Å². The molecule has 4 nitrogen and oxygen atoms in total. The van der Waals surface area contributed by atoms with E-state index >= 15 is 0 Å². The summed E-state index contributed by atoms with van der Waals surface area (Å²) in [5.74, 6) is -0.372. The number of hydrogen-bond acceptors (Lipinski definition) is 3. The van der Waals surface area contributed by atoms with Crippen molar-refractivity contribution in [3.05, 3.63) is 24.0 Å². The summed E-state index contributed by atoms with van der Waals surface area (Å²) in [6, 6.07) is 1.50. The lowest BCUT2D eigenvalue weighted by atomic mass is 10.0. The van der Waals surface area contributed by atoms with Crippen molar-refractivity contribution >= 4 is 5.91 Å². The maximum Gasteiger partial charge on any atom is 0.255 e. The zero-order valence-electron chi connectivity index (χ0n) is 9.24. The third-order valence-electron chi connectivity index (χ3n) is 2.38. The maximum atomic E-state index is 11.7. The summed E-state index contributed by atoms with van der Waals surface area (Å²) in [5.41, 5.74) is -0.0150. The van der Waals surface area contributed by atoms with E-state index in [0.717, 1.165) is 6.42 Å². The second-order valence-electron chi connectivity index (χ2n) is 4.08. The molecule has 82 valence electrons. The van der Waals surface area contributed by atoms with Gasteiger partial charge >= 0.3 is 0 Å². The van der Waals surface area contributed by atoms with Crippen LogP contribution in [0.4, 0.5) is 0 Å². The van der Waals surface area contributed by atoms with Crippen molar-refractivity contribution in [2.75, 3.05) is 0 Å². The average Bonchev–Trinajstić information content (AvgIpc) is 2.17. The van der Waals surface area contributed by atoms with Gasteiger partial charge in [0.25, 0.3) is 5.91 Å². The first-order chi connectivity index (χ1) is 6.96. The lowest BCUT2D eigenvalue weighted by molar-refractivity contribution is 0.0908. The van der Waals surface area contributed by atoms with Gasteiger partial charge in [-0.3, -0.25) is 9.78 Å². The molecule has 0 bridgehead atoms. The summed E-state index contributed by atoms with van der Waals surface area (Å²) in [5, 5.41) is 12.3. The summed E-state index contributed by atoms with van der Waals surface area (Å²) >= 11 is 0. The lowest BCUT2D eigenvalue weighted by Crippen LogP contribution is -2.42. The normalized spacial score (nSPS) is 11.1. The molecule has 2 N–H and O–H groups in total. The molecule has 1 aromatic heterocycles. The van der Waals surface area contributed by atoms with Gasteiger partial charge in [-0.25, -0.2) is 0 Å². The summed E-state index contributed by atoms with van der Waals surface area (Å²) in [4.78, 5) is 15.5. The van der Waals surface area contributed by atoms with Crippen molar-refractivity contribution in [2.45, 2.75) is 32.7 Å². The van der Waals surface area contributed by atoms with Crippen molar-refractivity contribution in [1.82, 2.24) is 10.3 Å². The molecular formula is C11H16N2O2. The van der Waals surface area contributed by atoms with Crippen molar-refractivity contribution < 1.29 is 9.90 Å². The Morgan fingerprint density at radius 3 is 2.80 bits per heavy atom. The molecule has 0 aliphatic carbocycles. The van der Waals surface area contributed by atoms with Gasteiger partial charge < -0.3 is 10.4 Å². The molecule has 0 aliphatic heterocycles. The SMILES string of the molecule is CCC(C)(C)NC(=O)c1ccncc1O. The molecule has 0 saturated heterocycles. The van der Waals surface area contributed by atoms with Crippen LogP contribution in [0, 0.1) is 0 Å². The second-order valence-corrected chi connectivity index (χ2v) is 4.08. The van der Waals surface area contributed by atoms with Gasteiger partial charge in [-0.15, -0.1) is 0 Å². The minimum atomic E-state index is -0.276. The number of pyridine rings is 1. The van der Waals surface area contributed by atoms with Crippen LogP contribution >= 0.6 is 0 Å². The Balaban J connectivity index is 2.83. The Hall–Kier alpha value is -1.58. The van der Waals surface area contributed by atoms with E-state index in [-0.39, 0.29) is 22.8 Å². The van der Waals surface area contributed by atoms with Crippen LogP contribution in [0.3, 0.4) is 0 Å². The maximum absolute atomic E-state index is 11.7. The van der Waals surface area contributed by atoms with Crippen LogP contribution in [0.2, 0.25) is 0 Å². The highest BCUT2D eigenvalue weighted by Crippen LogP contribution is 2.16. The van der Waals surface area contributed by atoms with Crippen LogP contribution in [0.15, 0.2) is 18.5 Å². The number of hydrogen-bond donors (Lipinski definition) is 2. The van der Waals surface area contributed by atoms with Crippen molar-refractivity contribution in [1.29, 1.82) is 0 Å². The molecule has 1 aromatic rings. The first-order valence-corrected chi connectivity index (χ1v) is 4.92. The van der Waals surface area contributed by atoms with Gasteiger partial charge in [0.2, 0.25) is 0 Å². The van der Waals surface area contributed by atoms with Gasteiger partial charge in [0.15, 0.2) is 0 Å². The van der Waals surface area contributed by atoms with E-state index in [0.29, 0.717) is 0 Å². The molecule has 0 aromatic carbocycles. The Morgan fingerprint density at radius 2 is 2.27 bits per heavy atom. The topological polar surface area (TPSA) is 62.2 Å². The van der Waals surface area contributed by atoms with Crippen molar-refractivity contribution in [3.63, 3.8) is 0 Å². The van der Waals surface area contributed by atoms with E-state index in [1.54, 1.807) is 0 Å². The predicted octanol–water partition coefficient (Wildman–Crippen LogP) is 1.71. The van der Waals surface area contributed by atoms with Crippen molar-refractivity contribution in [3.8, 4) is 5.75 Å². The zero-order valence-corrected chi connectivity index (χ0v) is 9.24. The standard InChI is InChI=1S/C11H16N2O2/c1-4-11(2,3)13-10(15)8-5-6-12-7-9(8)14/h5-7,14H,4H2,1-3H3,(H,13,15). The van der Waals surface area contributed by atoms with Crippen LogP contribution in [0.25, 0.3) is 0 Å². The average molecular weight is 208 g/mol. The van der Waals surface area contributed by atoms with Gasteiger partial charge in [-0.2, -0.15) is 0 Å². The molecular weight excluding hydrogens is 192 g/mol. The Labute approximate surface area is 89.3 Å². The third-order valence-corrected chi connectivity index (χ3v) is 2.38. The highest BCUT2D eigenvalue weighted by molar-refractivity contribution is 5.96. The van der Waals surface area contributed by atoms with Crippen LogP contribution in [-0.2, 0) is 0 Å². The number of nitrogens with one attached hydrogen (secondary N) is 1. The molecule has 0 unspecified atom stereocenters. The summed E-state index contributed by atoms with van der Waals surface area (Å²) in [6.45, 7) is 5.86. The van der Waals surface area contributed by atoms with Gasteiger partial charge in [0.1, 0.15) is 5.75 Å². The van der Waals surface area contributed by atoms with E-state index in [2.05, 4.69) is 10.3 Å². The van der Waals surface area contributed by atoms with Gasteiger partial charge in [-0.1, -0.05) is 6.92 Å². The third kappa shape index (κ3) is 2.94. The molecule has 0 aliphatic rings. The molecule has 4 heteroatoms. The van der Waals surface area contributed by atoms with Crippen molar-refractivity contribution in [2.24, 2.45) is 0 Å². The highest BCUT2D eigenvalue weighted by Gasteiger charge is 2.20. The Kier molecular flexibility index (Phi) is 3.29. The van der Waals surface area contributed by atoms with Gasteiger partial charge in [0, 0.05) is 11.7 Å². The Bertz CT molecular complexity index is 361. The fourth-order valence-electron chi connectivity index (χ4n) is 1.04. The van der Waals surface area contributed by atoms with Gasteiger partial charge in [0.05, 0.1) is 11.8 Å². The minimum absolute atomic E-state index is 0.0955. The van der Waals surface area contributed by atoms with E-state index in [9.17, 15) is 9.90 Å².